The van der Waals surface area contributed by atoms with Gasteiger partial charge in [-0.1, -0.05) is 111 Å². The third-order valence-electron chi connectivity index (χ3n) is 9.90. The van der Waals surface area contributed by atoms with Crippen LogP contribution in [0.2, 0.25) is 0 Å². The first-order valence-electron chi connectivity index (χ1n) is 16.8. The molecule has 5 nitrogen and oxygen atoms in total. The fourth-order valence-corrected chi connectivity index (χ4v) is 6.17. The zero-order chi connectivity index (χ0) is 32.7. The topological polar surface area (TPSA) is 65.1 Å². The number of esters is 2. The molecular weight excluding hydrogens is 548 g/mol. The van der Waals surface area contributed by atoms with Crippen LogP contribution in [0.15, 0.2) is 66.3 Å². The number of carbonyl (C=O) groups excluding carboxylic acids is 2. The third kappa shape index (κ3) is 10.5. The summed E-state index contributed by atoms with van der Waals surface area (Å²) < 4.78 is 18.3. The van der Waals surface area contributed by atoms with E-state index in [1.54, 1.807) is 12.1 Å². The molecule has 3 rings (SSSR count). The van der Waals surface area contributed by atoms with Gasteiger partial charge in [0.15, 0.2) is 0 Å². The van der Waals surface area contributed by atoms with E-state index in [0.717, 1.165) is 24.8 Å². The Morgan fingerprint density at radius 3 is 2.48 bits per heavy atom. The summed E-state index contributed by atoms with van der Waals surface area (Å²) in [5.41, 5.74) is 1.20. The Kier molecular flexibility index (Phi) is 12.7. The molecule has 2 aliphatic heterocycles. The minimum Gasteiger partial charge on any atom is -0.457 e. The molecule has 0 spiro atoms. The van der Waals surface area contributed by atoms with Gasteiger partial charge in [0, 0.05) is 17.8 Å². The van der Waals surface area contributed by atoms with Crippen LogP contribution in [-0.4, -0.2) is 36.4 Å². The summed E-state index contributed by atoms with van der Waals surface area (Å²) in [6.07, 6.45) is 14.5. The van der Waals surface area contributed by atoms with Crippen LogP contribution in [0, 0.1) is 34.5 Å². The van der Waals surface area contributed by atoms with Gasteiger partial charge in [-0.25, -0.2) is 4.79 Å². The van der Waals surface area contributed by atoms with Crippen LogP contribution >= 0.6 is 0 Å². The van der Waals surface area contributed by atoms with E-state index >= 15 is 0 Å². The van der Waals surface area contributed by atoms with Crippen LogP contribution in [0.3, 0.4) is 0 Å². The molecule has 1 fully saturated rings. The molecule has 1 saturated heterocycles. The smallest absolute Gasteiger partial charge is 0.338 e. The van der Waals surface area contributed by atoms with Gasteiger partial charge >= 0.3 is 11.9 Å². The largest absolute Gasteiger partial charge is 0.457 e. The van der Waals surface area contributed by atoms with Crippen molar-refractivity contribution in [3.8, 4) is 0 Å². The zero-order valence-corrected chi connectivity index (χ0v) is 29.0. The first-order valence-corrected chi connectivity index (χ1v) is 16.8. The Morgan fingerprint density at radius 1 is 1.14 bits per heavy atom. The molecule has 2 aliphatic rings. The first-order chi connectivity index (χ1) is 20.6. The molecule has 1 aromatic carbocycles. The van der Waals surface area contributed by atoms with Gasteiger partial charge in [-0.2, -0.15) is 0 Å². The molecule has 0 bridgehead atoms. The second kappa shape index (κ2) is 15.6. The lowest BCUT2D eigenvalue weighted by atomic mass is 9.78. The minimum absolute atomic E-state index is 0.0169. The molecule has 0 aromatic heterocycles. The van der Waals surface area contributed by atoms with E-state index in [1.165, 1.54) is 6.42 Å². The second-order valence-electron chi connectivity index (χ2n) is 15.0. The van der Waals surface area contributed by atoms with E-state index in [-0.39, 0.29) is 34.6 Å². The Labute approximate surface area is 267 Å². The maximum Gasteiger partial charge on any atom is 0.338 e. The van der Waals surface area contributed by atoms with Gasteiger partial charge in [-0.3, -0.25) is 4.79 Å². The average Bonchev–Trinajstić information content (AvgIpc) is 3.73. The van der Waals surface area contributed by atoms with Crippen molar-refractivity contribution in [2.24, 2.45) is 34.5 Å². The summed E-state index contributed by atoms with van der Waals surface area (Å²) in [6, 6.07) is 9.13. The predicted molar refractivity (Wildman–Crippen MR) is 179 cm³/mol. The van der Waals surface area contributed by atoms with Crippen molar-refractivity contribution in [3.05, 3.63) is 71.8 Å². The van der Waals surface area contributed by atoms with Crippen molar-refractivity contribution in [2.75, 3.05) is 0 Å². The number of allylic oxidation sites excluding steroid dienone is 3. The highest BCUT2D eigenvalue weighted by molar-refractivity contribution is 5.89. The highest BCUT2D eigenvalue weighted by Crippen LogP contribution is 2.41. The third-order valence-corrected chi connectivity index (χ3v) is 9.90. The molecular formula is C39H58O5. The highest BCUT2D eigenvalue weighted by atomic mass is 16.6. The monoisotopic (exact) mass is 606 g/mol. The van der Waals surface area contributed by atoms with Crippen molar-refractivity contribution in [1.29, 1.82) is 0 Å². The van der Waals surface area contributed by atoms with Crippen LogP contribution in [0.4, 0.5) is 0 Å². The van der Waals surface area contributed by atoms with Crippen molar-refractivity contribution in [1.82, 2.24) is 0 Å². The molecule has 0 radical (unpaired) electrons. The summed E-state index contributed by atoms with van der Waals surface area (Å²) in [6.45, 7) is 21.8. The molecule has 8 atom stereocenters. The predicted octanol–water partition coefficient (Wildman–Crippen LogP) is 9.53. The molecule has 0 saturated carbocycles. The number of benzene rings is 1. The fourth-order valence-electron chi connectivity index (χ4n) is 6.17. The quantitative estimate of drug-likeness (QED) is 0.115. The van der Waals surface area contributed by atoms with E-state index in [9.17, 15) is 9.59 Å². The average molecular weight is 607 g/mol. The molecule has 2 heterocycles. The van der Waals surface area contributed by atoms with E-state index in [4.69, 9.17) is 14.2 Å². The van der Waals surface area contributed by atoms with Gasteiger partial charge in [0.2, 0.25) is 0 Å². The van der Waals surface area contributed by atoms with Crippen LogP contribution in [0.1, 0.15) is 112 Å². The summed E-state index contributed by atoms with van der Waals surface area (Å²) in [7, 11) is 0. The molecule has 0 amide bonds. The normalized spacial score (nSPS) is 30.4. The maximum absolute atomic E-state index is 13.1. The number of ether oxygens (including phenoxy) is 3. The lowest BCUT2D eigenvalue weighted by molar-refractivity contribution is -0.149. The number of carbonyl (C=O) groups is 2. The van der Waals surface area contributed by atoms with E-state index in [0.29, 0.717) is 36.0 Å². The molecule has 5 heteroatoms. The number of cyclic esters (lactones) is 1. The Balaban J connectivity index is 1.77. The summed E-state index contributed by atoms with van der Waals surface area (Å²) in [5, 5.41) is 0. The van der Waals surface area contributed by atoms with Crippen molar-refractivity contribution >= 4 is 11.9 Å². The van der Waals surface area contributed by atoms with Crippen LogP contribution in [0.5, 0.6) is 0 Å². The number of epoxide rings is 1. The zero-order valence-electron chi connectivity index (χ0n) is 29.0. The van der Waals surface area contributed by atoms with Gasteiger partial charge in [-0.15, -0.1) is 0 Å². The summed E-state index contributed by atoms with van der Waals surface area (Å²) in [5.74, 6) is 0.796. The standard InChI is InChI=1S/C39H58O5/c1-11-27(3)30(6)36-32(42-36)25-38(7,8)22-15-16-28(4)35-29(5)19-20-33(43-37(41)31-17-13-12-14-18-31)39(9,10)23-21-26(2)24-34(40)44-35/h12-20,22,26-27,29-30,32-33,35-36H,11,21,23-25H2,1-10H3/b20-19+,22-15+,28-16+. The Morgan fingerprint density at radius 2 is 1.82 bits per heavy atom. The van der Waals surface area contributed by atoms with E-state index in [1.807, 2.05) is 37.3 Å². The van der Waals surface area contributed by atoms with Gasteiger partial charge in [0.05, 0.1) is 17.8 Å². The Hall–Kier alpha value is -2.66. The van der Waals surface area contributed by atoms with Gasteiger partial charge in [0.1, 0.15) is 12.2 Å². The number of hydrogen-bond acceptors (Lipinski definition) is 5. The van der Waals surface area contributed by atoms with E-state index < -0.39 is 12.2 Å². The number of hydrogen-bond donors (Lipinski definition) is 0. The van der Waals surface area contributed by atoms with Crippen molar-refractivity contribution in [2.45, 2.75) is 126 Å². The van der Waals surface area contributed by atoms with E-state index in [2.05, 4.69) is 80.5 Å². The van der Waals surface area contributed by atoms with Crippen molar-refractivity contribution < 1.29 is 23.8 Å². The molecule has 0 N–H and O–H groups in total. The molecule has 0 aliphatic carbocycles. The molecule has 8 unspecified atom stereocenters. The van der Waals surface area contributed by atoms with Crippen LogP contribution in [0.25, 0.3) is 0 Å². The van der Waals surface area contributed by atoms with Gasteiger partial charge in [0.25, 0.3) is 0 Å². The lowest BCUT2D eigenvalue weighted by Crippen LogP contribution is -2.34. The SMILES string of the molecule is CCC(C)C(C)C1OC1CC(C)(C)/C=C/C=C(\C)C1OC(=O)CC(C)CCC(C)(C)C(OC(=O)c2ccccc2)/C=C/C1C. The number of rotatable bonds is 10. The van der Waals surface area contributed by atoms with Crippen molar-refractivity contribution in [3.63, 3.8) is 0 Å². The van der Waals surface area contributed by atoms with Gasteiger partial charge < -0.3 is 14.2 Å². The summed E-state index contributed by atoms with van der Waals surface area (Å²) >= 11 is 0. The van der Waals surface area contributed by atoms with Gasteiger partial charge in [-0.05, 0) is 73.1 Å². The lowest BCUT2D eigenvalue weighted by Gasteiger charge is -2.34. The maximum atomic E-state index is 13.1. The molecule has 244 valence electrons. The molecule has 1 aromatic rings. The second-order valence-corrected chi connectivity index (χ2v) is 15.0. The summed E-state index contributed by atoms with van der Waals surface area (Å²) in [4.78, 5) is 26.1. The van der Waals surface area contributed by atoms with Crippen LogP contribution in [-0.2, 0) is 19.0 Å². The minimum atomic E-state index is -0.417. The van der Waals surface area contributed by atoms with Crippen LogP contribution < -0.4 is 0 Å². The highest BCUT2D eigenvalue weighted by Gasteiger charge is 2.46. The Bertz CT molecular complexity index is 1180. The molecule has 44 heavy (non-hydrogen) atoms. The fraction of sp³-hybridized carbons (Fsp3) is 0.641. The first kappa shape index (κ1) is 35.8.